The van der Waals surface area contributed by atoms with Gasteiger partial charge in [0.2, 0.25) is 0 Å². The highest BCUT2D eigenvalue weighted by Crippen LogP contribution is 2.27. The minimum Gasteiger partial charge on any atom is -0.354 e. The molecule has 1 aliphatic heterocycles. The van der Waals surface area contributed by atoms with E-state index >= 15 is 0 Å². The SMILES string of the molecule is CCCC1CCCN(c2nccnc2Cl)CC1. The van der Waals surface area contributed by atoms with Crippen LogP contribution in [0.3, 0.4) is 0 Å². The van der Waals surface area contributed by atoms with Crippen LogP contribution >= 0.6 is 11.6 Å². The van der Waals surface area contributed by atoms with E-state index in [0.717, 1.165) is 24.8 Å². The summed E-state index contributed by atoms with van der Waals surface area (Å²) in [4.78, 5) is 10.7. The number of hydrogen-bond donors (Lipinski definition) is 0. The van der Waals surface area contributed by atoms with Crippen molar-refractivity contribution in [3.8, 4) is 0 Å². The lowest BCUT2D eigenvalue weighted by atomic mass is 9.96. The molecule has 1 atom stereocenters. The number of nitrogens with zero attached hydrogens (tertiary/aromatic N) is 3. The lowest BCUT2D eigenvalue weighted by Gasteiger charge is -2.21. The largest absolute Gasteiger partial charge is 0.354 e. The molecule has 0 aromatic carbocycles. The zero-order chi connectivity index (χ0) is 12.1. The van der Waals surface area contributed by atoms with Gasteiger partial charge < -0.3 is 4.90 Å². The summed E-state index contributed by atoms with van der Waals surface area (Å²) in [6.07, 6.45) is 9.82. The highest BCUT2D eigenvalue weighted by atomic mass is 35.5. The Bertz CT molecular complexity index is 356. The fourth-order valence-corrected chi connectivity index (χ4v) is 2.82. The quantitative estimate of drug-likeness (QED) is 0.825. The normalized spacial score (nSPS) is 21.3. The lowest BCUT2D eigenvalue weighted by Crippen LogP contribution is -2.25. The van der Waals surface area contributed by atoms with Gasteiger partial charge in [-0.25, -0.2) is 9.97 Å². The summed E-state index contributed by atoms with van der Waals surface area (Å²) in [5.74, 6) is 1.73. The summed E-state index contributed by atoms with van der Waals surface area (Å²) >= 11 is 6.09. The second-order valence-electron chi connectivity index (χ2n) is 4.74. The zero-order valence-electron chi connectivity index (χ0n) is 10.4. The predicted molar refractivity (Wildman–Crippen MR) is 71.5 cm³/mol. The van der Waals surface area contributed by atoms with Crippen molar-refractivity contribution in [2.24, 2.45) is 5.92 Å². The summed E-state index contributed by atoms with van der Waals surface area (Å²) in [6.45, 7) is 4.38. The van der Waals surface area contributed by atoms with Crippen LogP contribution in [0.4, 0.5) is 5.82 Å². The van der Waals surface area contributed by atoms with Gasteiger partial charge in [-0.2, -0.15) is 0 Å². The summed E-state index contributed by atoms with van der Waals surface area (Å²) in [6, 6.07) is 0. The lowest BCUT2D eigenvalue weighted by molar-refractivity contribution is 0.435. The van der Waals surface area contributed by atoms with Crippen LogP contribution in [0.2, 0.25) is 5.15 Å². The predicted octanol–water partition coefficient (Wildman–Crippen LogP) is 3.54. The molecule has 1 aromatic rings. The van der Waals surface area contributed by atoms with Gasteiger partial charge in [-0.1, -0.05) is 31.4 Å². The van der Waals surface area contributed by atoms with Crippen LogP contribution in [0.1, 0.15) is 39.0 Å². The second kappa shape index (κ2) is 6.20. The van der Waals surface area contributed by atoms with Gasteiger partial charge in [-0.05, 0) is 25.2 Å². The molecule has 0 aliphatic carbocycles. The first kappa shape index (κ1) is 12.6. The number of aromatic nitrogens is 2. The molecule has 94 valence electrons. The zero-order valence-corrected chi connectivity index (χ0v) is 11.2. The van der Waals surface area contributed by atoms with Crippen molar-refractivity contribution >= 4 is 17.4 Å². The Balaban J connectivity index is 2.01. The molecule has 1 aromatic heterocycles. The topological polar surface area (TPSA) is 29.0 Å². The molecule has 4 heteroatoms. The molecule has 0 amide bonds. The highest BCUT2D eigenvalue weighted by molar-refractivity contribution is 6.31. The number of rotatable bonds is 3. The molecule has 3 nitrogen and oxygen atoms in total. The van der Waals surface area contributed by atoms with Gasteiger partial charge in [-0.3, -0.25) is 0 Å². The van der Waals surface area contributed by atoms with E-state index in [2.05, 4.69) is 21.8 Å². The van der Waals surface area contributed by atoms with Crippen molar-refractivity contribution in [2.45, 2.75) is 39.0 Å². The van der Waals surface area contributed by atoms with Gasteiger partial charge in [0.1, 0.15) is 0 Å². The van der Waals surface area contributed by atoms with E-state index < -0.39 is 0 Å². The fourth-order valence-electron chi connectivity index (χ4n) is 2.60. The second-order valence-corrected chi connectivity index (χ2v) is 5.10. The van der Waals surface area contributed by atoms with E-state index in [0.29, 0.717) is 5.15 Å². The molecular formula is C13H20ClN3. The standard InChI is InChI=1S/C13H20ClN3/c1-2-4-11-5-3-9-17(10-6-11)13-12(14)15-7-8-16-13/h7-8,11H,2-6,9-10H2,1H3. The Morgan fingerprint density at radius 3 is 2.88 bits per heavy atom. The summed E-state index contributed by atoms with van der Waals surface area (Å²) in [7, 11) is 0. The van der Waals surface area contributed by atoms with Gasteiger partial charge >= 0.3 is 0 Å². The summed E-state index contributed by atoms with van der Waals surface area (Å²) in [5.41, 5.74) is 0. The van der Waals surface area contributed by atoms with Gasteiger partial charge in [-0.15, -0.1) is 0 Å². The van der Waals surface area contributed by atoms with E-state index in [9.17, 15) is 0 Å². The molecule has 2 heterocycles. The molecule has 0 spiro atoms. The Morgan fingerprint density at radius 2 is 2.12 bits per heavy atom. The summed E-state index contributed by atoms with van der Waals surface area (Å²) < 4.78 is 0. The monoisotopic (exact) mass is 253 g/mol. The molecule has 0 radical (unpaired) electrons. The first-order valence-electron chi connectivity index (χ1n) is 6.52. The van der Waals surface area contributed by atoms with Gasteiger partial charge in [0.25, 0.3) is 0 Å². The molecular weight excluding hydrogens is 234 g/mol. The first-order valence-corrected chi connectivity index (χ1v) is 6.90. The third kappa shape index (κ3) is 3.32. The van der Waals surface area contributed by atoms with Crippen molar-refractivity contribution < 1.29 is 0 Å². The molecule has 1 saturated heterocycles. The average molecular weight is 254 g/mol. The smallest absolute Gasteiger partial charge is 0.171 e. The minimum atomic E-state index is 0.529. The Hall–Kier alpha value is -0.830. The Morgan fingerprint density at radius 1 is 1.29 bits per heavy atom. The van der Waals surface area contributed by atoms with Gasteiger partial charge in [0.15, 0.2) is 11.0 Å². The van der Waals surface area contributed by atoms with Crippen LogP contribution in [0.15, 0.2) is 12.4 Å². The number of halogens is 1. The van der Waals surface area contributed by atoms with E-state index in [1.165, 1.54) is 32.1 Å². The van der Waals surface area contributed by atoms with Gasteiger partial charge in [0, 0.05) is 25.5 Å². The molecule has 0 N–H and O–H groups in total. The van der Waals surface area contributed by atoms with Crippen LogP contribution in [0, 0.1) is 5.92 Å². The third-order valence-electron chi connectivity index (χ3n) is 3.48. The van der Waals surface area contributed by atoms with E-state index in [1.807, 2.05) is 0 Å². The van der Waals surface area contributed by atoms with Crippen molar-refractivity contribution in [1.82, 2.24) is 9.97 Å². The molecule has 0 saturated carbocycles. The molecule has 2 rings (SSSR count). The Kier molecular flexibility index (Phi) is 4.60. The molecule has 1 fully saturated rings. The van der Waals surface area contributed by atoms with Crippen molar-refractivity contribution in [1.29, 1.82) is 0 Å². The maximum atomic E-state index is 6.09. The first-order chi connectivity index (χ1) is 8.31. The molecule has 1 unspecified atom stereocenters. The molecule has 0 bridgehead atoms. The van der Waals surface area contributed by atoms with Crippen LogP contribution in [-0.2, 0) is 0 Å². The number of anilines is 1. The van der Waals surface area contributed by atoms with Gasteiger partial charge in [0.05, 0.1) is 0 Å². The fraction of sp³-hybridized carbons (Fsp3) is 0.692. The van der Waals surface area contributed by atoms with Crippen LogP contribution in [0.25, 0.3) is 0 Å². The molecule has 1 aliphatic rings. The average Bonchev–Trinajstić information content (AvgIpc) is 2.56. The third-order valence-corrected chi connectivity index (χ3v) is 3.75. The number of hydrogen-bond acceptors (Lipinski definition) is 3. The van der Waals surface area contributed by atoms with Crippen LogP contribution < -0.4 is 4.90 Å². The van der Waals surface area contributed by atoms with Crippen LogP contribution in [0.5, 0.6) is 0 Å². The Labute approximate surface area is 108 Å². The van der Waals surface area contributed by atoms with E-state index in [4.69, 9.17) is 11.6 Å². The maximum absolute atomic E-state index is 6.09. The van der Waals surface area contributed by atoms with E-state index in [1.54, 1.807) is 12.4 Å². The van der Waals surface area contributed by atoms with Crippen molar-refractivity contribution in [3.63, 3.8) is 0 Å². The minimum absolute atomic E-state index is 0.529. The molecule has 17 heavy (non-hydrogen) atoms. The van der Waals surface area contributed by atoms with Crippen LogP contribution in [-0.4, -0.2) is 23.1 Å². The van der Waals surface area contributed by atoms with Crippen molar-refractivity contribution in [3.05, 3.63) is 17.5 Å². The highest BCUT2D eigenvalue weighted by Gasteiger charge is 2.19. The summed E-state index contributed by atoms with van der Waals surface area (Å²) in [5, 5.41) is 0.529. The van der Waals surface area contributed by atoms with E-state index in [-0.39, 0.29) is 0 Å². The maximum Gasteiger partial charge on any atom is 0.171 e. The van der Waals surface area contributed by atoms with Crippen molar-refractivity contribution in [2.75, 3.05) is 18.0 Å².